The monoisotopic (exact) mass is 322 g/mol. The van der Waals surface area contributed by atoms with E-state index in [1.807, 2.05) is 12.1 Å². The number of nitrogens with zero attached hydrogens (tertiary/aromatic N) is 6. The maximum Gasteiger partial charge on any atom is 0.225 e. The molecule has 7 heteroatoms. The minimum absolute atomic E-state index is 0.609. The molecule has 0 atom stereocenters. The summed E-state index contributed by atoms with van der Waals surface area (Å²) in [5.41, 5.74) is 2.05. The summed E-state index contributed by atoms with van der Waals surface area (Å²) in [5, 5.41) is 0.936. The Balaban J connectivity index is 1.54. The van der Waals surface area contributed by atoms with E-state index in [-0.39, 0.29) is 0 Å². The van der Waals surface area contributed by atoms with Crippen molar-refractivity contribution in [2.45, 2.75) is 0 Å². The molecule has 2 aromatic heterocycles. The summed E-state index contributed by atoms with van der Waals surface area (Å²) in [6.45, 7) is 3.62. The quantitative estimate of drug-likeness (QED) is 0.728. The first-order chi connectivity index (χ1) is 11.8. The smallest absolute Gasteiger partial charge is 0.225 e. The zero-order chi connectivity index (χ0) is 16.4. The molecule has 3 heterocycles. The average Bonchev–Trinajstić information content (AvgIpc) is 2.68. The van der Waals surface area contributed by atoms with Crippen molar-refractivity contribution >= 4 is 22.5 Å². The number of hydrogen-bond acceptors (Lipinski definition) is 7. The Kier molecular flexibility index (Phi) is 3.82. The van der Waals surface area contributed by atoms with Crippen molar-refractivity contribution in [3.05, 3.63) is 43.0 Å². The van der Waals surface area contributed by atoms with E-state index in [4.69, 9.17) is 4.74 Å². The van der Waals surface area contributed by atoms with Gasteiger partial charge in [-0.25, -0.2) is 19.9 Å². The second-order valence-electron chi connectivity index (χ2n) is 5.61. The molecule has 1 aliphatic rings. The van der Waals surface area contributed by atoms with Crippen LogP contribution in [0.4, 0.5) is 11.6 Å². The predicted octanol–water partition coefficient (Wildman–Crippen LogP) is 1.75. The SMILES string of the molecule is COc1ncnc2ccc(N3CCN(c4ncccn4)CC3)cc12. The van der Waals surface area contributed by atoms with E-state index in [1.165, 1.54) is 6.33 Å². The highest BCUT2D eigenvalue weighted by Crippen LogP contribution is 2.27. The molecule has 1 saturated heterocycles. The lowest BCUT2D eigenvalue weighted by atomic mass is 10.2. The van der Waals surface area contributed by atoms with E-state index in [0.29, 0.717) is 5.88 Å². The molecule has 0 spiro atoms. The van der Waals surface area contributed by atoms with Crippen LogP contribution in [0.15, 0.2) is 43.0 Å². The molecule has 3 aromatic rings. The summed E-state index contributed by atoms with van der Waals surface area (Å²) in [6.07, 6.45) is 5.09. The second-order valence-corrected chi connectivity index (χ2v) is 5.61. The van der Waals surface area contributed by atoms with Crippen LogP contribution in [0.1, 0.15) is 0 Å². The summed E-state index contributed by atoms with van der Waals surface area (Å²) < 4.78 is 5.35. The normalized spacial score (nSPS) is 14.9. The number of aromatic nitrogens is 4. The predicted molar refractivity (Wildman–Crippen MR) is 92.5 cm³/mol. The third-order valence-electron chi connectivity index (χ3n) is 4.26. The summed E-state index contributed by atoms with van der Waals surface area (Å²) in [6, 6.07) is 8.05. The highest BCUT2D eigenvalue weighted by atomic mass is 16.5. The maximum atomic E-state index is 5.35. The molecule has 0 saturated carbocycles. The number of fused-ring (bicyclic) bond motifs is 1. The van der Waals surface area contributed by atoms with Gasteiger partial charge in [0.1, 0.15) is 6.33 Å². The third-order valence-corrected chi connectivity index (χ3v) is 4.26. The van der Waals surface area contributed by atoms with Crippen molar-refractivity contribution in [1.29, 1.82) is 0 Å². The number of anilines is 2. The largest absolute Gasteiger partial charge is 0.480 e. The molecular weight excluding hydrogens is 304 g/mol. The molecule has 0 bridgehead atoms. The van der Waals surface area contributed by atoms with Crippen LogP contribution in [0, 0.1) is 0 Å². The van der Waals surface area contributed by atoms with Gasteiger partial charge in [0.15, 0.2) is 0 Å². The van der Waals surface area contributed by atoms with Crippen LogP contribution in [0.3, 0.4) is 0 Å². The molecule has 4 rings (SSSR count). The van der Waals surface area contributed by atoms with E-state index in [1.54, 1.807) is 19.5 Å². The van der Waals surface area contributed by atoms with Crippen LogP contribution >= 0.6 is 0 Å². The van der Waals surface area contributed by atoms with Gasteiger partial charge in [0.25, 0.3) is 0 Å². The molecule has 0 aliphatic carbocycles. The Labute approximate surface area is 140 Å². The number of hydrogen-bond donors (Lipinski definition) is 0. The van der Waals surface area contributed by atoms with Crippen molar-refractivity contribution in [2.75, 3.05) is 43.1 Å². The first kappa shape index (κ1) is 14.6. The number of piperazine rings is 1. The van der Waals surface area contributed by atoms with Crippen molar-refractivity contribution in [3.8, 4) is 5.88 Å². The fraction of sp³-hybridized carbons (Fsp3) is 0.294. The van der Waals surface area contributed by atoms with Crippen LogP contribution in [0.2, 0.25) is 0 Å². The highest BCUT2D eigenvalue weighted by molar-refractivity contribution is 5.86. The van der Waals surface area contributed by atoms with Gasteiger partial charge in [-0.05, 0) is 24.3 Å². The first-order valence-corrected chi connectivity index (χ1v) is 7.91. The minimum atomic E-state index is 0.609. The number of methoxy groups -OCH3 is 1. The third kappa shape index (κ3) is 2.68. The molecule has 122 valence electrons. The van der Waals surface area contributed by atoms with Crippen LogP contribution < -0.4 is 14.5 Å². The van der Waals surface area contributed by atoms with Gasteiger partial charge in [0.2, 0.25) is 11.8 Å². The Morgan fingerprint density at radius 3 is 2.42 bits per heavy atom. The lowest BCUT2D eigenvalue weighted by Crippen LogP contribution is -2.47. The molecule has 0 radical (unpaired) electrons. The van der Waals surface area contributed by atoms with Crippen molar-refractivity contribution in [3.63, 3.8) is 0 Å². The van der Waals surface area contributed by atoms with Gasteiger partial charge in [-0.2, -0.15) is 0 Å². The van der Waals surface area contributed by atoms with E-state index < -0.39 is 0 Å². The molecule has 1 aromatic carbocycles. The number of benzene rings is 1. The Hall–Kier alpha value is -2.96. The molecule has 0 N–H and O–H groups in total. The lowest BCUT2D eigenvalue weighted by Gasteiger charge is -2.36. The zero-order valence-corrected chi connectivity index (χ0v) is 13.5. The van der Waals surface area contributed by atoms with Crippen molar-refractivity contribution in [2.24, 2.45) is 0 Å². The van der Waals surface area contributed by atoms with Gasteiger partial charge < -0.3 is 14.5 Å². The Morgan fingerprint density at radius 2 is 1.67 bits per heavy atom. The molecule has 0 amide bonds. The van der Waals surface area contributed by atoms with Gasteiger partial charge in [-0.15, -0.1) is 0 Å². The zero-order valence-electron chi connectivity index (χ0n) is 13.5. The van der Waals surface area contributed by atoms with Crippen LogP contribution in [-0.2, 0) is 0 Å². The number of rotatable bonds is 3. The van der Waals surface area contributed by atoms with Gasteiger partial charge >= 0.3 is 0 Å². The summed E-state index contributed by atoms with van der Waals surface area (Å²) in [4.78, 5) is 21.7. The van der Waals surface area contributed by atoms with Crippen molar-refractivity contribution < 1.29 is 4.74 Å². The molecular formula is C17H18N6O. The van der Waals surface area contributed by atoms with Gasteiger partial charge in [-0.3, -0.25) is 0 Å². The summed E-state index contributed by atoms with van der Waals surface area (Å²) in [5.74, 6) is 1.41. The average molecular weight is 322 g/mol. The van der Waals surface area contributed by atoms with Crippen LogP contribution in [-0.4, -0.2) is 53.2 Å². The van der Waals surface area contributed by atoms with Gasteiger partial charge in [0.05, 0.1) is 18.0 Å². The number of ether oxygens (including phenoxy) is 1. The fourth-order valence-corrected chi connectivity index (χ4v) is 3.00. The topological polar surface area (TPSA) is 67.3 Å². The second kappa shape index (κ2) is 6.27. The molecule has 1 aliphatic heterocycles. The molecule has 0 unspecified atom stereocenters. The van der Waals surface area contributed by atoms with E-state index >= 15 is 0 Å². The minimum Gasteiger partial charge on any atom is -0.480 e. The van der Waals surface area contributed by atoms with E-state index in [9.17, 15) is 0 Å². The van der Waals surface area contributed by atoms with Crippen LogP contribution in [0.25, 0.3) is 10.9 Å². The highest BCUT2D eigenvalue weighted by Gasteiger charge is 2.19. The molecule has 24 heavy (non-hydrogen) atoms. The van der Waals surface area contributed by atoms with Crippen LogP contribution in [0.5, 0.6) is 5.88 Å². The fourth-order valence-electron chi connectivity index (χ4n) is 3.00. The summed E-state index contributed by atoms with van der Waals surface area (Å²) >= 11 is 0. The van der Waals surface area contributed by atoms with Crippen molar-refractivity contribution in [1.82, 2.24) is 19.9 Å². The van der Waals surface area contributed by atoms with E-state index in [0.717, 1.165) is 48.7 Å². The maximum absolute atomic E-state index is 5.35. The Morgan fingerprint density at radius 1 is 0.917 bits per heavy atom. The first-order valence-electron chi connectivity index (χ1n) is 7.91. The van der Waals surface area contributed by atoms with Gasteiger partial charge in [-0.1, -0.05) is 0 Å². The molecule has 1 fully saturated rings. The lowest BCUT2D eigenvalue weighted by molar-refractivity contribution is 0.402. The van der Waals surface area contributed by atoms with Gasteiger partial charge in [0, 0.05) is 44.3 Å². The standard InChI is InChI=1S/C17H18N6O/c1-24-16-14-11-13(3-4-15(14)20-12-21-16)22-7-9-23(10-8-22)17-18-5-2-6-19-17/h2-6,11-12H,7-10H2,1H3. The molecule has 7 nitrogen and oxygen atoms in total. The van der Waals surface area contributed by atoms with E-state index in [2.05, 4.69) is 41.9 Å². The Bertz CT molecular complexity index is 833. The summed E-state index contributed by atoms with van der Waals surface area (Å²) in [7, 11) is 1.63.